The van der Waals surface area contributed by atoms with E-state index in [1.54, 1.807) is 6.26 Å². The number of aryl methyl sites for hydroxylation is 1. The van der Waals surface area contributed by atoms with Crippen LogP contribution in [0.4, 0.5) is 0 Å². The van der Waals surface area contributed by atoms with Crippen LogP contribution in [0.1, 0.15) is 5.56 Å². The maximum absolute atomic E-state index is 5.44. The van der Waals surface area contributed by atoms with Gasteiger partial charge in [-0.25, -0.2) is 0 Å². The second-order valence-electron chi connectivity index (χ2n) is 3.31. The van der Waals surface area contributed by atoms with E-state index in [-0.39, 0.29) is 8.80 Å². The molecule has 0 atom stereocenters. The zero-order valence-corrected chi connectivity index (χ0v) is 9.37. The second kappa shape index (κ2) is 4.87. The van der Waals surface area contributed by atoms with Gasteiger partial charge in [-0.3, -0.25) is 0 Å². The molecule has 1 rings (SSSR count). The number of rotatable bonds is 3. The molecule has 0 aliphatic rings. The topological polar surface area (TPSA) is 9.23 Å². The van der Waals surface area contributed by atoms with Gasteiger partial charge in [-0.05, 0) is 24.6 Å². The van der Waals surface area contributed by atoms with E-state index in [0.717, 1.165) is 5.75 Å². The maximum Gasteiger partial charge on any atom is 0.126 e. The maximum atomic E-state index is 5.44. The Balaban J connectivity index is 2.55. The average Bonchev–Trinajstić information content (AvgIpc) is 2.03. The van der Waals surface area contributed by atoms with E-state index in [2.05, 4.69) is 31.8 Å². The molecule has 69 valence electrons. The molecule has 0 amide bonds. The third-order valence-corrected chi connectivity index (χ3v) is 2.40. The van der Waals surface area contributed by atoms with Crippen LogP contribution in [0.3, 0.4) is 0 Å². The van der Waals surface area contributed by atoms with Gasteiger partial charge in [-0.15, -0.1) is 0 Å². The molecular weight excluding hydrogens is 176 g/mol. The fourth-order valence-corrected chi connectivity index (χ4v) is 1.28. The monoisotopic (exact) mass is 191 g/mol. The van der Waals surface area contributed by atoms with E-state index in [9.17, 15) is 0 Å². The molecule has 0 aromatic heterocycles. The SMILES string of the molecule is Cc1cccc(O/C=C/[Si](C)C)c1. The van der Waals surface area contributed by atoms with Crippen LogP contribution in [-0.4, -0.2) is 8.80 Å². The van der Waals surface area contributed by atoms with Crippen molar-refractivity contribution in [3.05, 3.63) is 41.8 Å². The van der Waals surface area contributed by atoms with Gasteiger partial charge in [0.15, 0.2) is 0 Å². The molecule has 1 radical (unpaired) electrons. The molecular formula is C11H15OSi. The van der Waals surface area contributed by atoms with Crippen molar-refractivity contribution in [1.29, 1.82) is 0 Å². The number of hydrogen-bond acceptors (Lipinski definition) is 1. The lowest BCUT2D eigenvalue weighted by Crippen LogP contribution is -1.94. The molecule has 0 fully saturated rings. The van der Waals surface area contributed by atoms with Gasteiger partial charge < -0.3 is 4.74 Å². The van der Waals surface area contributed by atoms with Crippen molar-refractivity contribution in [2.45, 2.75) is 20.0 Å². The van der Waals surface area contributed by atoms with Crippen molar-refractivity contribution in [1.82, 2.24) is 0 Å². The summed E-state index contributed by atoms with van der Waals surface area (Å²) in [5.74, 6) is 0.916. The summed E-state index contributed by atoms with van der Waals surface area (Å²) >= 11 is 0. The van der Waals surface area contributed by atoms with Gasteiger partial charge in [0.1, 0.15) is 5.75 Å². The summed E-state index contributed by atoms with van der Waals surface area (Å²) in [6, 6.07) is 8.06. The lowest BCUT2D eigenvalue weighted by atomic mass is 10.2. The standard InChI is InChI=1S/C11H15OSi/c1-10-5-4-6-11(9-10)12-7-8-13(2)3/h4-9H,1-3H3/b8-7+. The Morgan fingerprint density at radius 1 is 1.31 bits per heavy atom. The molecule has 1 aromatic carbocycles. The van der Waals surface area contributed by atoms with E-state index < -0.39 is 0 Å². The van der Waals surface area contributed by atoms with Gasteiger partial charge >= 0.3 is 0 Å². The molecule has 0 unspecified atom stereocenters. The van der Waals surface area contributed by atoms with E-state index in [4.69, 9.17) is 4.74 Å². The molecule has 0 aliphatic carbocycles. The summed E-state index contributed by atoms with van der Waals surface area (Å²) < 4.78 is 5.44. The minimum atomic E-state index is -0.320. The molecule has 0 heterocycles. The molecule has 0 saturated heterocycles. The van der Waals surface area contributed by atoms with Crippen LogP contribution in [0.5, 0.6) is 5.75 Å². The fourth-order valence-electron chi connectivity index (χ4n) is 0.937. The fraction of sp³-hybridized carbons (Fsp3) is 0.273. The Kier molecular flexibility index (Phi) is 3.77. The molecule has 2 heteroatoms. The largest absolute Gasteiger partial charge is 0.466 e. The van der Waals surface area contributed by atoms with Crippen LogP contribution in [0, 0.1) is 6.92 Å². The van der Waals surface area contributed by atoms with Gasteiger partial charge in [-0.2, -0.15) is 0 Å². The number of ether oxygens (including phenoxy) is 1. The normalized spacial score (nSPS) is 11.1. The smallest absolute Gasteiger partial charge is 0.126 e. The predicted molar refractivity (Wildman–Crippen MR) is 58.4 cm³/mol. The highest BCUT2D eigenvalue weighted by molar-refractivity contribution is 6.61. The van der Waals surface area contributed by atoms with E-state index in [1.807, 2.05) is 18.2 Å². The van der Waals surface area contributed by atoms with Crippen LogP contribution in [0.25, 0.3) is 0 Å². The lowest BCUT2D eigenvalue weighted by Gasteiger charge is -2.00. The quantitative estimate of drug-likeness (QED) is 0.526. The minimum absolute atomic E-state index is 0.320. The molecule has 13 heavy (non-hydrogen) atoms. The minimum Gasteiger partial charge on any atom is -0.466 e. The van der Waals surface area contributed by atoms with Crippen molar-refractivity contribution >= 4 is 8.80 Å². The molecule has 0 saturated carbocycles. The highest BCUT2D eigenvalue weighted by Gasteiger charge is 1.91. The molecule has 0 bridgehead atoms. The van der Waals surface area contributed by atoms with Crippen LogP contribution in [0.15, 0.2) is 36.2 Å². The summed E-state index contributed by atoms with van der Waals surface area (Å²) in [5, 5.41) is 0. The highest BCUT2D eigenvalue weighted by Crippen LogP contribution is 2.12. The predicted octanol–water partition coefficient (Wildman–Crippen LogP) is 3.18. The van der Waals surface area contributed by atoms with Crippen LogP contribution >= 0.6 is 0 Å². The molecule has 0 N–H and O–H groups in total. The van der Waals surface area contributed by atoms with Crippen LogP contribution in [-0.2, 0) is 0 Å². The summed E-state index contributed by atoms with van der Waals surface area (Å²) in [5.41, 5.74) is 3.36. The van der Waals surface area contributed by atoms with E-state index in [1.165, 1.54) is 5.56 Å². The van der Waals surface area contributed by atoms with Crippen molar-refractivity contribution in [2.24, 2.45) is 0 Å². The number of hydrogen-bond donors (Lipinski definition) is 0. The number of benzene rings is 1. The molecule has 1 nitrogen and oxygen atoms in total. The van der Waals surface area contributed by atoms with Gasteiger partial charge in [0, 0.05) is 0 Å². The Hall–Kier alpha value is -1.02. The third kappa shape index (κ3) is 3.94. The Bertz CT molecular complexity index is 292. The first kappa shape index (κ1) is 10.1. The summed E-state index contributed by atoms with van der Waals surface area (Å²) in [6.07, 6.45) is 1.79. The molecule has 0 spiro atoms. The molecule has 0 aliphatic heterocycles. The zero-order valence-electron chi connectivity index (χ0n) is 8.37. The first-order valence-electron chi connectivity index (χ1n) is 4.38. The van der Waals surface area contributed by atoms with Crippen molar-refractivity contribution < 1.29 is 4.74 Å². The Morgan fingerprint density at radius 3 is 2.69 bits per heavy atom. The first-order valence-corrected chi connectivity index (χ1v) is 6.96. The Morgan fingerprint density at radius 2 is 2.08 bits per heavy atom. The third-order valence-electron chi connectivity index (χ3n) is 1.60. The molecule has 1 aromatic rings. The average molecular weight is 191 g/mol. The van der Waals surface area contributed by atoms with Crippen molar-refractivity contribution in [2.75, 3.05) is 0 Å². The Labute approximate surface area is 81.7 Å². The van der Waals surface area contributed by atoms with Gasteiger partial charge in [0.25, 0.3) is 0 Å². The first-order chi connectivity index (χ1) is 6.18. The summed E-state index contributed by atoms with van der Waals surface area (Å²) in [4.78, 5) is 0. The van der Waals surface area contributed by atoms with Gasteiger partial charge in [0.2, 0.25) is 0 Å². The van der Waals surface area contributed by atoms with Gasteiger partial charge in [-0.1, -0.05) is 30.9 Å². The van der Waals surface area contributed by atoms with Crippen molar-refractivity contribution in [3.63, 3.8) is 0 Å². The summed E-state index contributed by atoms with van der Waals surface area (Å²) in [6.45, 7) is 6.51. The van der Waals surface area contributed by atoms with Crippen LogP contribution < -0.4 is 4.74 Å². The second-order valence-corrected chi connectivity index (χ2v) is 5.80. The highest BCUT2D eigenvalue weighted by atomic mass is 28.3. The van der Waals surface area contributed by atoms with E-state index in [0.29, 0.717) is 0 Å². The summed E-state index contributed by atoms with van der Waals surface area (Å²) in [7, 11) is -0.320. The van der Waals surface area contributed by atoms with Crippen molar-refractivity contribution in [3.8, 4) is 5.75 Å². The van der Waals surface area contributed by atoms with Gasteiger partial charge in [0.05, 0.1) is 15.1 Å². The van der Waals surface area contributed by atoms with E-state index >= 15 is 0 Å². The lowest BCUT2D eigenvalue weighted by molar-refractivity contribution is 0.482. The van der Waals surface area contributed by atoms with Crippen LogP contribution in [0.2, 0.25) is 13.1 Å². The zero-order chi connectivity index (χ0) is 9.68.